The van der Waals surface area contributed by atoms with E-state index in [9.17, 15) is 4.79 Å². The van der Waals surface area contributed by atoms with E-state index in [1.807, 2.05) is 0 Å². The van der Waals surface area contributed by atoms with Gasteiger partial charge in [-0.15, -0.1) is 0 Å². The molecule has 0 unspecified atom stereocenters. The Morgan fingerprint density at radius 2 is 1.15 bits per heavy atom. The largest absolute Gasteiger partial charge is 0.234 e. The van der Waals surface area contributed by atoms with Crippen molar-refractivity contribution in [3.63, 3.8) is 0 Å². The zero-order valence-electron chi connectivity index (χ0n) is 13.5. The maximum absolute atomic E-state index is 9.92. The molecule has 0 N–H and O–H groups in total. The molecule has 0 aromatic rings. The van der Waals surface area contributed by atoms with E-state index < -0.39 is 0 Å². The molecule has 0 aliphatic rings. The second-order valence-corrected chi connectivity index (χ2v) is 5.74. The maximum Gasteiger partial charge on any atom is 0.124 e. The molecule has 20 heavy (non-hydrogen) atoms. The third-order valence-corrected chi connectivity index (χ3v) is 3.77. The van der Waals surface area contributed by atoms with E-state index in [0.29, 0.717) is 0 Å². The smallest absolute Gasteiger partial charge is 0.124 e. The third kappa shape index (κ3) is 17.2. The van der Waals surface area contributed by atoms with Gasteiger partial charge in [0.2, 0.25) is 0 Å². The summed E-state index contributed by atoms with van der Waals surface area (Å²) in [5.41, 5.74) is 0. The maximum atomic E-state index is 9.92. The summed E-state index contributed by atoms with van der Waals surface area (Å²) in [7, 11) is 0. The summed E-state index contributed by atoms with van der Waals surface area (Å²) in [6.45, 7) is 2.28. The van der Waals surface area contributed by atoms with E-state index >= 15 is 0 Å². The van der Waals surface area contributed by atoms with Gasteiger partial charge in [-0.3, -0.25) is 0 Å². The zero-order valence-corrected chi connectivity index (χ0v) is 13.5. The number of rotatable bonds is 15. The standard InChI is InChI=1S/C19H34O/c1-2-3-4-5-6-7-8-9-10-11-12-13-14-15-16-17-18-19-20/h16-18H,2-15H2,1H3/b17-16+. The van der Waals surface area contributed by atoms with Gasteiger partial charge in [0, 0.05) is 6.08 Å². The van der Waals surface area contributed by atoms with Gasteiger partial charge in [0.25, 0.3) is 0 Å². The zero-order chi connectivity index (χ0) is 14.7. The van der Waals surface area contributed by atoms with E-state index in [2.05, 4.69) is 13.0 Å². The average Bonchev–Trinajstić information content (AvgIpc) is 2.47. The minimum atomic E-state index is 1.09. The molecule has 0 amide bonds. The molecule has 0 aliphatic heterocycles. The molecule has 0 radical (unpaired) electrons. The van der Waals surface area contributed by atoms with Crippen LogP contribution in [0.1, 0.15) is 96.8 Å². The molecule has 116 valence electrons. The van der Waals surface area contributed by atoms with Crippen molar-refractivity contribution in [2.24, 2.45) is 0 Å². The Morgan fingerprint density at radius 1 is 0.700 bits per heavy atom. The molecule has 0 saturated carbocycles. The van der Waals surface area contributed by atoms with Gasteiger partial charge < -0.3 is 0 Å². The molecule has 0 fully saturated rings. The van der Waals surface area contributed by atoms with Gasteiger partial charge in [-0.05, 0) is 12.8 Å². The minimum Gasteiger partial charge on any atom is -0.234 e. The lowest BCUT2D eigenvalue weighted by atomic mass is 10.0. The lowest BCUT2D eigenvalue weighted by molar-refractivity contribution is 0.540. The van der Waals surface area contributed by atoms with Gasteiger partial charge in [-0.2, -0.15) is 0 Å². The van der Waals surface area contributed by atoms with Gasteiger partial charge in [0.15, 0.2) is 0 Å². The number of allylic oxidation sites excluding steroid dienone is 3. The lowest BCUT2D eigenvalue weighted by Crippen LogP contribution is -1.82. The average molecular weight is 278 g/mol. The molecule has 0 aromatic carbocycles. The van der Waals surface area contributed by atoms with Gasteiger partial charge in [0.05, 0.1) is 0 Å². The summed E-state index contributed by atoms with van der Waals surface area (Å²) in [4.78, 5) is 9.92. The van der Waals surface area contributed by atoms with Crippen molar-refractivity contribution in [3.8, 4) is 0 Å². The van der Waals surface area contributed by atoms with Crippen LogP contribution in [-0.2, 0) is 4.79 Å². The van der Waals surface area contributed by atoms with Crippen molar-refractivity contribution in [2.45, 2.75) is 96.8 Å². The predicted octanol–water partition coefficient (Wildman–Crippen LogP) is 6.41. The van der Waals surface area contributed by atoms with Gasteiger partial charge in [-0.1, -0.05) is 96.1 Å². The van der Waals surface area contributed by atoms with Crippen molar-refractivity contribution in [1.82, 2.24) is 0 Å². The molecule has 0 spiro atoms. The fraction of sp³-hybridized carbons (Fsp3) is 0.789. The van der Waals surface area contributed by atoms with Crippen molar-refractivity contribution in [2.75, 3.05) is 0 Å². The van der Waals surface area contributed by atoms with Gasteiger partial charge in [0.1, 0.15) is 5.94 Å². The fourth-order valence-corrected chi connectivity index (χ4v) is 2.48. The number of carbonyl (C=O) groups excluding carboxylic acids is 1. The Balaban J connectivity index is 3.01. The van der Waals surface area contributed by atoms with E-state index in [-0.39, 0.29) is 0 Å². The van der Waals surface area contributed by atoms with Crippen molar-refractivity contribution < 1.29 is 4.79 Å². The van der Waals surface area contributed by atoms with Crippen LogP contribution in [0.2, 0.25) is 0 Å². The Hall–Kier alpha value is -0.810. The summed E-state index contributed by atoms with van der Waals surface area (Å²) in [6.07, 6.45) is 24.5. The Bertz CT molecular complexity index is 248. The van der Waals surface area contributed by atoms with Crippen LogP contribution < -0.4 is 0 Å². The summed E-state index contributed by atoms with van der Waals surface area (Å²) in [5, 5.41) is 0. The topological polar surface area (TPSA) is 17.1 Å². The van der Waals surface area contributed by atoms with Crippen LogP contribution >= 0.6 is 0 Å². The first-order valence-corrected chi connectivity index (χ1v) is 8.77. The first-order valence-electron chi connectivity index (χ1n) is 8.77. The SMILES string of the molecule is CCCCCCCCCCCCCCC/C=C/C=C=O. The van der Waals surface area contributed by atoms with Crippen LogP contribution in [0.4, 0.5) is 0 Å². The monoisotopic (exact) mass is 278 g/mol. The summed E-state index contributed by atoms with van der Waals surface area (Å²) in [5.74, 6) is 1.76. The van der Waals surface area contributed by atoms with Crippen LogP contribution in [-0.4, -0.2) is 5.94 Å². The molecule has 0 aliphatic carbocycles. The first-order chi connectivity index (χ1) is 9.91. The summed E-state index contributed by atoms with van der Waals surface area (Å²) >= 11 is 0. The molecule has 0 heterocycles. The minimum absolute atomic E-state index is 1.09. The van der Waals surface area contributed by atoms with Crippen LogP contribution in [0.5, 0.6) is 0 Å². The molecule has 0 rings (SSSR count). The van der Waals surface area contributed by atoms with Crippen LogP contribution in [0.25, 0.3) is 0 Å². The van der Waals surface area contributed by atoms with E-state index in [1.54, 1.807) is 12.0 Å². The van der Waals surface area contributed by atoms with E-state index in [1.165, 1.54) is 89.5 Å². The second-order valence-electron chi connectivity index (χ2n) is 5.74. The molecule has 0 bridgehead atoms. The Morgan fingerprint density at radius 3 is 1.60 bits per heavy atom. The molecule has 1 nitrogen and oxygen atoms in total. The van der Waals surface area contributed by atoms with Crippen molar-refractivity contribution >= 4 is 5.94 Å². The number of hydrogen-bond donors (Lipinski definition) is 0. The molecule has 0 saturated heterocycles. The van der Waals surface area contributed by atoms with Gasteiger partial charge in [-0.25, -0.2) is 4.79 Å². The molecular weight excluding hydrogens is 244 g/mol. The van der Waals surface area contributed by atoms with Crippen LogP contribution in [0.3, 0.4) is 0 Å². The Kier molecular flexibility index (Phi) is 17.5. The highest BCUT2D eigenvalue weighted by Crippen LogP contribution is 2.12. The van der Waals surface area contributed by atoms with Crippen LogP contribution in [0.15, 0.2) is 18.2 Å². The summed E-state index contributed by atoms with van der Waals surface area (Å²) in [6, 6.07) is 0. The van der Waals surface area contributed by atoms with E-state index in [4.69, 9.17) is 0 Å². The lowest BCUT2D eigenvalue weighted by Gasteiger charge is -2.02. The molecular formula is C19H34O. The third-order valence-electron chi connectivity index (χ3n) is 3.77. The highest BCUT2D eigenvalue weighted by molar-refractivity contribution is 5.48. The summed E-state index contributed by atoms with van der Waals surface area (Å²) < 4.78 is 0. The fourth-order valence-electron chi connectivity index (χ4n) is 2.48. The van der Waals surface area contributed by atoms with Crippen LogP contribution in [0, 0.1) is 0 Å². The van der Waals surface area contributed by atoms with E-state index in [0.717, 1.165) is 6.42 Å². The van der Waals surface area contributed by atoms with Crippen molar-refractivity contribution in [3.05, 3.63) is 18.2 Å². The molecule has 1 heteroatoms. The Labute approximate surface area is 126 Å². The highest BCUT2D eigenvalue weighted by Gasteiger charge is 1.93. The molecule has 0 aromatic heterocycles. The predicted molar refractivity (Wildman–Crippen MR) is 89.7 cm³/mol. The van der Waals surface area contributed by atoms with Crippen molar-refractivity contribution in [1.29, 1.82) is 0 Å². The number of hydrogen-bond acceptors (Lipinski definition) is 1. The quantitative estimate of drug-likeness (QED) is 0.192. The first kappa shape index (κ1) is 19.2. The second kappa shape index (κ2) is 18.2. The van der Waals surface area contributed by atoms with Gasteiger partial charge >= 0.3 is 0 Å². The molecule has 0 atom stereocenters. The highest BCUT2D eigenvalue weighted by atomic mass is 16.1. The number of unbranched alkanes of at least 4 members (excludes halogenated alkanes) is 13. The normalized spacial score (nSPS) is 10.8.